The molecule has 2 aromatic heterocycles. The van der Waals surface area contributed by atoms with Gasteiger partial charge in [-0.05, 0) is 68.7 Å². The van der Waals surface area contributed by atoms with Crippen LogP contribution in [0, 0.1) is 20.8 Å². The van der Waals surface area contributed by atoms with E-state index in [2.05, 4.69) is 15.6 Å². The highest BCUT2D eigenvalue weighted by Gasteiger charge is 2.26. The molecule has 0 radical (unpaired) electrons. The number of aryl methyl sites for hydroxylation is 2. The van der Waals surface area contributed by atoms with Crippen LogP contribution in [-0.4, -0.2) is 33.8 Å². The zero-order chi connectivity index (χ0) is 26.7. The van der Waals surface area contributed by atoms with Gasteiger partial charge in [-0.1, -0.05) is 30.4 Å². The summed E-state index contributed by atoms with van der Waals surface area (Å²) in [6.07, 6.45) is 0.714. The molecule has 0 aliphatic rings. The Labute approximate surface area is 217 Å². The number of esters is 1. The summed E-state index contributed by atoms with van der Waals surface area (Å²) in [6.45, 7) is 7.70. The maximum absolute atomic E-state index is 13.5. The van der Waals surface area contributed by atoms with Gasteiger partial charge in [0.05, 0.1) is 12.2 Å². The van der Waals surface area contributed by atoms with E-state index >= 15 is 0 Å². The van der Waals surface area contributed by atoms with Gasteiger partial charge in [0.2, 0.25) is 0 Å². The number of aromatic nitrogens is 2. The van der Waals surface area contributed by atoms with Gasteiger partial charge in [-0.15, -0.1) is 0 Å². The van der Waals surface area contributed by atoms with Crippen molar-refractivity contribution in [2.45, 2.75) is 34.1 Å². The fourth-order valence-electron chi connectivity index (χ4n) is 3.67. The van der Waals surface area contributed by atoms with Gasteiger partial charge in [0.25, 0.3) is 17.4 Å². The molecule has 0 bridgehead atoms. The number of fused-ring (bicyclic) bond motifs is 1. The number of thiazole rings is 1. The number of anilines is 2. The molecule has 4 rings (SSSR count). The van der Waals surface area contributed by atoms with Gasteiger partial charge >= 0.3 is 5.97 Å². The summed E-state index contributed by atoms with van der Waals surface area (Å²) in [5, 5.41) is 5.57. The minimum atomic E-state index is -0.605. The highest BCUT2D eigenvalue weighted by molar-refractivity contribution is 7.19. The van der Waals surface area contributed by atoms with E-state index in [1.807, 2.05) is 32.9 Å². The summed E-state index contributed by atoms with van der Waals surface area (Å²) in [5.74, 6) is -1.64. The van der Waals surface area contributed by atoms with Crippen LogP contribution in [0.5, 0.6) is 0 Å². The lowest BCUT2D eigenvalue weighted by molar-refractivity contribution is 0.0505. The van der Waals surface area contributed by atoms with Crippen LogP contribution in [0.15, 0.2) is 53.3 Å². The first-order valence-corrected chi connectivity index (χ1v) is 12.5. The van der Waals surface area contributed by atoms with Gasteiger partial charge in [-0.2, -0.15) is 0 Å². The van der Waals surface area contributed by atoms with Crippen molar-refractivity contribution in [3.63, 3.8) is 0 Å². The van der Waals surface area contributed by atoms with Crippen LogP contribution in [0.1, 0.15) is 60.7 Å². The lowest BCUT2D eigenvalue weighted by Gasteiger charge is -2.11. The normalized spacial score (nSPS) is 10.8. The number of hydrogen-bond donors (Lipinski definition) is 2. The Kier molecular flexibility index (Phi) is 7.49. The highest BCUT2D eigenvalue weighted by Crippen LogP contribution is 2.25. The summed E-state index contributed by atoms with van der Waals surface area (Å²) < 4.78 is 6.27. The smallest absolute Gasteiger partial charge is 0.338 e. The number of nitrogens with one attached hydrogen (secondary N) is 2. The molecule has 0 unspecified atom stereocenters. The van der Waals surface area contributed by atoms with Crippen molar-refractivity contribution in [2.75, 3.05) is 17.2 Å². The average molecular weight is 519 g/mol. The number of benzene rings is 2. The first-order chi connectivity index (χ1) is 17.7. The molecule has 0 aliphatic carbocycles. The van der Waals surface area contributed by atoms with Crippen molar-refractivity contribution >= 4 is 45.5 Å². The molecule has 2 amide bonds. The molecule has 4 aromatic rings. The zero-order valence-electron chi connectivity index (χ0n) is 20.9. The topological polar surface area (TPSA) is 119 Å². The summed E-state index contributed by atoms with van der Waals surface area (Å²) in [6, 6.07) is 13.0. The van der Waals surface area contributed by atoms with E-state index in [0.717, 1.165) is 26.9 Å². The SMILES string of the molecule is CCCOC(=O)c1ccc(NC(=O)c2sc3nc(C)cc(=O)n3c2C(=O)Nc2cccc(C)c2C)cc1. The van der Waals surface area contributed by atoms with Crippen molar-refractivity contribution < 1.29 is 19.1 Å². The van der Waals surface area contributed by atoms with Gasteiger partial charge < -0.3 is 15.4 Å². The van der Waals surface area contributed by atoms with Gasteiger partial charge in [0.1, 0.15) is 10.6 Å². The Morgan fingerprint density at radius 1 is 1.00 bits per heavy atom. The average Bonchev–Trinajstić information content (AvgIpc) is 3.26. The lowest BCUT2D eigenvalue weighted by atomic mass is 10.1. The molecule has 2 aromatic carbocycles. The number of ether oxygens (including phenoxy) is 1. The zero-order valence-corrected chi connectivity index (χ0v) is 21.7. The summed E-state index contributed by atoms with van der Waals surface area (Å²) in [7, 11) is 0. The molecule has 0 aliphatic heterocycles. The van der Waals surface area contributed by atoms with Crippen molar-refractivity contribution in [2.24, 2.45) is 0 Å². The Hall–Kier alpha value is -4.31. The highest BCUT2D eigenvalue weighted by atomic mass is 32.1. The van der Waals surface area contributed by atoms with Gasteiger partial charge in [0.15, 0.2) is 4.96 Å². The Morgan fingerprint density at radius 3 is 2.43 bits per heavy atom. The third-order valence-electron chi connectivity index (χ3n) is 5.74. The fraction of sp³-hybridized carbons (Fsp3) is 0.222. The van der Waals surface area contributed by atoms with Crippen molar-refractivity contribution in [1.29, 1.82) is 0 Å². The van der Waals surface area contributed by atoms with Crippen molar-refractivity contribution in [3.8, 4) is 0 Å². The molecule has 0 saturated carbocycles. The standard InChI is InChI=1S/C27H26N4O5S/c1-5-13-36-26(35)18-9-11-19(12-10-18)29-25(34)23-22(31-21(32)14-16(3)28-27(31)37-23)24(33)30-20-8-6-7-15(2)17(20)4/h6-12,14H,5,13H2,1-4H3,(H,29,34)(H,30,33). The second-order valence-electron chi connectivity index (χ2n) is 8.50. The molecule has 9 nitrogen and oxygen atoms in total. The van der Waals surface area contributed by atoms with E-state index in [-0.39, 0.29) is 15.5 Å². The molecule has 37 heavy (non-hydrogen) atoms. The molecule has 0 saturated heterocycles. The molecule has 10 heteroatoms. The second-order valence-corrected chi connectivity index (χ2v) is 9.48. The summed E-state index contributed by atoms with van der Waals surface area (Å²) in [4.78, 5) is 56.3. The molecular weight excluding hydrogens is 492 g/mol. The predicted octanol–water partition coefficient (Wildman–Crippen LogP) is 4.75. The van der Waals surface area contributed by atoms with E-state index < -0.39 is 23.3 Å². The fourth-order valence-corrected chi connectivity index (χ4v) is 4.74. The van der Waals surface area contributed by atoms with Crippen molar-refractivity contribution in [1.82, 2.24) is 9.38 Å². The Bertz CT molecular complexity index is 1570. The number of hydrogen-bond acceptors (Lipinski definition) is 7. The molecule has 2 N–H and O–H groups in total. The molecule has 2 heterocycles. The van der Waals surface area contributed by atoms with Crippen LogP contribution in [0.25, 0.3) is 4.96 Å². The molecule has 0 spiro atoms. The quantitative estimate of drug-likeness (QED) is 0.341. The third kappa shape index (κ3) is 5.44. The van der Waals surface area contributed by atoms with Crippen LogP contribution in [0.2, 0.25) is 0 Å². The minimum Gasteiger partial charge on any atom is -0.462 e. The van der Waals surface area contributed by atoms with Crippen LogP contribution >= 0.6 is 11.3 Å². The minimum absolute atomic E-state index is 0.0319. The Morgan fingerprint density at radius 2 is 1.73 bits per heavy atom. The van der Waals surface area contributed by atoms with E-state index in [4.69, 9.17) is 4.74 Å². The van der Waals surface area contributed by atoms with Crippen LogP contribution in [0.3, 0.4) is 0 Å². The van der Waals surface area contributed by atoms with Crippen LogP contribution in [0.4, 0.5) is 11.4 Å². The number of rotatable bonds is 7. The van der Waals surface area contributed by atoms with Gasteiger partial charge in [-0.3, -0.25) is 14.4 Å². The van der Waals surface area contributed by atoms with E-state index in [1.165, 1.54) is 6.07 Å². The van der Waals surface area contributed by atoms with Crippen molar-refractivity contribution in [3.05, 3.63) is 91.8 Å². The molecule has 0 fully saturated rings. The van der Waals surface area contributed by atoms with Gasteiger partial charge in [-0.25, -0.2) is 14.2 Å². The summed E-state index contributed by atoms with van der Waals surface area (Å²) in [5.41, 5.74) is 3.12. The predicted molar refractivity (Wildman–Crippen MR) is 143 cm³/mol. The van der Waals surface area contributed by atoms with E-state index in [1.54, 1.807) is 37.3 Å². The lowest BCUT2D eigenvalue weighted by Crippen LogP contribution is -2.25. The molecule has 190 valence electrons. The number of nitrogens with zero attached hydrogens (tertiary/aromatic N) is 2. The van der Waals surface area contributed by atoms with Crippen LogP contribution < -0.4 is 16.2 Å². The molecular formula is C27H26N4O5S. The molecule has 0 atom stereocenters. The van der Waals surface area contributed by atoms with E-state index in [0.29, 0.717) is 35.7 Å². The summed E-state index contributed by atoms with van der Waals surface area (Å²) >= 11 is 0.948. The first-order valence-electron chi connectivity index (χ1n) is 11.7. The maximum Gasteiger partial charge on any atom is 0.338 e. The first kappa shape index (κ1) is 25.8. The number of amides is 2. The van der Waals surface area contributed by atoms with E-state index in [9.17, 15) is 19.2 Å². The Balaban J connectivity index is 1.69. The maximum atomic E-state index is 13.5. The second kappa shape index (κ2) is 10.8. The number of carbonyl (C=O) groups excluding carboxylic acids is 3. The number of carbonyl (C=O) groups is 3. The monoisotopic (exact) mass is 518 g/mol. The third-order valence-corrected chi connectivity index (χ3v) is 6.78. The van der Waals surface area contributed by atoms with Gasteiger partial charge in [0, 0.05) is 23.1 Å². The largest absolute Gasteiger partial charge is 0.462 e. The van der Waals surface area contributed by atoms with Crippen LogP contribution in [-0.2, 0) is 4.74 Å².